The second-order valence-electron chi connectivity index (χ2n) is 3.67. The van der Waals surface area contributed by atoms with Gasteiger partial charge in [0.2, 0.25) is 0 Å². The summed E-state index contributed by atoms with van der Waals surface area (Å²) in [5, 5.41) is 12.1. The van der Waals surface area contributed by atoms with Crippen molar-refractivity contribution in [3.05, 3.63) is 57.0 Å². The van der Waals surface area contributed by atoms with Gasteiger partial charge in [-0.2, -0.15) is 5.26 Å². The summed E-state index contributed by atoms with van der Waals surface area (Å²) in [7, 11) is 0. The van der Waals surface area contributed by atoms with Crippen molar-refractivity contribution in [1.29, 1.82) is 5.26 Å². The van der Waals surface area contributed by atoms with E-state index in [4.69, 9.17) is 16.9 Å². The molecule has 0 fully saturated rings. The van der Waals surface area contributed by atoms with Crippen LogP contribution in [0, 0.1) is 23.0 Å². The summed E-state index contributed by atoms with van der Waals surface area (Å²) in [5.74, 6) is -1.45. The summed E-state index contributed by atoms with van der Waals surface area (Å²) in [6.07, 6.45) is 0. The summed E-state index contributed by atoms with van der Waals surface area (Å²) < 4.78 is 26.9. The van der Waals surface area contributed by atoms with Gasteiger partial charge in [0.25, 0.3) is 0 Å². The third-order valence-electron chi connectivity index (χ3n) is 2.37. The average molecular weight is 344 g/mol. The van der Waals surface area contributed by atoms with Crippen LogP contribution in [0.2, 0.25) is 5.02 Å². The molecule has 0 aliphatic heterocycles. The molecule has 96 valence electrons. The van der Waals surface area contributed by atoms with E-state index in [2.05, 4.69) is 21.2 Å². The molecular formula is C13H6BrClF2N2. The molecule has 19 heavy (non-hydrogen) atoms. The van der Waals surface area contributed by atoms with Gasteiger partial charge in [-0.25, -0.2) is 8.78 Å². The number of nitrogens with one attached hydrogen (secondary N) is 1. The van der Waals surface area contributed by atoms with Crippen molar-refractivity contribution in [1.82, 2.24) is 0 Å². The zero-order chi connectivity index (χ0) is 14.0. The Labute approximate surface area is 121 Å². The first-order valence-electron chi connectivity index (χ1n) is 5.12. The molecule has 0 aliphatic rings. The largest absolute Gasteiger partial charge is 0.351 e. The van der Waals surface area contributed by atoms with Crippen LogP contribution in [-0.4, -0.2) is 0 Å². The Morgan fingerprint density at radius 2 is 1.95 bits per heavy atom. The van der Waals surface area contributed by atoms with Crippen LogP contribution >= 0.6 is 27.5 Å². The zero-order valence-corrected chi connectivity index (χ0v) is 11.7. The molecule has 0 aliphatic carbocycles. The number of halogens is 4. The first-order chi connectivity index (χ1) is 9.01. The van der Waals surface area contributed by atoms with Crippen molar-refractivity contribution in [3.63, 3.8) is 0 Å². The normalized spacial score (nSPS) is 10.1. The van der Waals surface area contributed by atoms with E-state index < -0.39 is 11.6 Å². The summed E-state index contributed by atoms with van der Waals surface area (Å²) >= 11 is 8.83. The minimum atomic E-state index is -0.759. The van der Waals surface area contributed by atoms with E-state index in [-0.39, 0.29) is 15.7 Å². The van der Waals surface area contributed by atoms with Gasteiger partial charge < -0.3 is 5.32 Å². The summed E-state index contributed by atoms with van der Waals surface area (Å²) in [6.45, 7) is 0. The molecule has 2 nitrogen and oxygen atoms in total. The number of nitrogens with zero attached hydrogens (tertiary/aromatic N) is 1. The van der Waals surface area contributed by atoms with E-state index in [0.29, 0.717) is 10.7 Å². The molecule has 2 rings (SSSR count). The summed E-state index contributed by atoms with van der Waals surface area (Å²) in [5.41, 5.74) is 0.710. The van der Waals surface area contributed by atoms with E-state index in [1.807, 2.05) is 6.07 Å². The van der Waals surface area contributed by atoms with Gasteiger partial charge in [0, 0.05) is 15.6 Å². The Kier molecular flexibility index (Phi) is 4.03. The maximum atomic E-state index is 13.7. The fourth-order valence-electron chi connectivity index (χ4n) is 1.51. The van der Waals surface area contributed by atoms with Crippen LogP contribution in [0.4, 0.5) is 20.2 Å². The molecule has 0 spiro atoms. The predicted octanol–water partition coefficient (Wildman–Crippen LogP) is 5.00. The number of hydrogen-bond acceptors (Lipinski definition) is 2. The van der Waals surface area contributed by atoms with Crippen LogP contribution < -0.4 is 5.32 Å². The molecule has 0 unspecified atom stereocenters. The van der Waals surface area contributed by atoms with Crippen molar-refractivity contribution in [2.24, 2.45) is 0 Å². The molecule has 0 amide bonds. The molecule has 6 heteroatoms. The fourth-order valence-corrected chi connectivity index (χ4v) is 2.19. The quantitative estimate of drug-likeness (QED) is 0.833. The number of hydrogen-bond donors (Lipinski definition) is 1. The van der Waals surface area contributed by atoms with Crippen molar-refractivity contribution in [2.75, 3.05) is 5.32 Å². The van der Waals surface area contributed by atoms with Gasteiger partial charge in [-0.3, -0.25) is 0 Å². The molecule has 2 aromatic rings. The van der Waals surface area contributed by atoms with Crippen LogP contribution in [0.15, 0.2) is 34.8 Å². The van der Waals surface area contributed by atoms with Crippen molar-refractivity contribution < 1.29 is 8.78 Å². The van der Waals surface area contributed by atoms with Crippen molar-refractivity contribution in [2.45, 2.75) is 0 Å². The highest BCUT2D eigenvalue weighted by molar-refractivity contribution is 9.10. The minimum absolute atomic E-state index is 0.0558. The van der Waals surface area contributed by atoms with Crippen molar-refractivity contribution in [3.8, 4) is 6.07 Å². The van der Waals surface area contributed by atoms with Gasteiger partial charge in [0.05, 0.1) is 16.9 Å². The standard InChI is InChI=1S/C13H6BrClF2N2/c14-10-4-9(16)5-11(17)13(10)19-12-2-1-8(15)3-7(12)6-18/h1-5,19H. The first kappa shape index (κ1) is 13.8. The van der Waals surface area contributed by atoms with Crippen LogP contribution in [0.5, 0.6) is 0 Å². The van der Waals surface area contributed by atoms with Crippen LogP contribution in [0.25, 0.3) is 0 Å². The van der Waals surface area contributed by atoms with E-state index in [1.165, 1.54) is 6.07 Å². The van der Waals surface area contributed by atoms with Crippen molar-refractivity contribution >= 4 is 38.9 Å². The molecular weight excluding hydrogens is 338 g/mol. The topological polar surface area (TPSA) is 35.8 Å². The molecule has 0 radical (unpaired) electrons. The van der Waals surface area contributed by atoms with Crippen LogP contribution in [0.1, 0.15) is 5.56 Å². The predicted molar refractivity (Wildman–Crippen MR) is 73.5 cm³/mol. The highest BCUT2D eigenvalue weighted by atomic mass is 79.9. The highest BCUT2D eigenvalue weighted by Crippen LogP contribution is 2.31. The SMILES string of the molecule is N#Cc1cc(Cl)ccc1Nc1c(F)cc(F)cc1Br. The molecule has 0 bridgehead atoms. The lowest BCUT2D eigenvalue weighted by atomic mass is 10.2. The Morgan fingerprint density at radius 1 is 1.21 bits per heavy atom. The van der Waals surface area contributed by atoms with Crippen LogP contribution in [-0.2, 0) is 0 Å². The Hall–Kier alpha value is -1.64. The molecule has 0 heterocycles. The molecule has 0 saturated carbocycles. The van der Waals surface area contributed by atoms with Gasteiger partial charge >= 0.3 is 0 Å². The zero-order valence-electron chi connectivity index (χ0n) is 9.35. The lowest BCUT2D eigenvalue weighted by Crippen LogP contribution is -1.98. The third-order valence-corrected chi connectivity index (χ3v) is 3.23. The summed E-state index contributed by atoms with van der Waals surface area (Å²) in [6, 6.07) is 8.42. The maximum absolute atomic E-state index is 13.7. The fraction of sp³-hybridized carbons (Fsp3) is 0. The van der Waals surface area contributed by atoms with Gasteiger partial charge in [0.1, 0.15) is 11.9 Å². The lowest BCUT2D eigenvalue weighted by molar-refractivity contribution is 0.584. The second kappa shape index (κ2) is 5.55. The third kappa shape index (κ3) is 3.03. The summed E-state index contributed by atoms with van der Waals surface area (Å²) in [4.78, 5) is 0. The smallest absolute Gasteiger partial charge is 0.150 e. The van der Waals surface area contributed by atoms with Gasteiger partial charge in [-0.05, 0) is 40.2 Å². The average Bonchev–Trinajstić information content (AvgIpc) is 2.35. The number of anilines is 2. The lowest BCUT2D eigenvalue weighted by Gasteiger charge is -2.11. The monoisotopic (exact) mass is 342 g/mol. The Morgan fingerprint density at radius 3 is 2.58 bits per heavy atom. The van der Waals surface area contributed by atoms with Crippen LogP contribution in [0.3, 0.4) is 0 Å². The molecule has 0 atom stereocenters. The number of rotatable bonds is 2. The van der Waals surface area contributed by atoms with Gasteiger partial charge in [-0.15, -0.1) is 0 Å². The van der Waals surface area contributed by atoms with E-state index in [1.54, 1.807) is 12.1 Å². The van der Waals surface area contributed by atoms with Gasteiger partial charge in [-0.1, -0.05) is 11.6 Å². The van der Waals surface area contributed by atoms with E-state index in [9.17, 15) is 8.78 Å². The van der Waals surface area contributed by atoms with E-state index >= 15 is 0 Å². The number of benzene rings is 2. The minimum Gasteiger partial charge on any atom is -0.351 e. The molecule has 2 aromatic carbocycles. The second-order valence-corrected chi connectivity index (χ2v) is 4.96. The Bertz CT molecular complexity index is 660. The molecule has 0 aromatic heterocycles. The Balaban J connectivity index is 2.45. The first-order valence-corrected chi connectivity index (χ1v) is 6.29. The molecule has 1 N–H and O–H groups in total. The van der Waals surface area contributed by atoms with Gasteiger partial charge in [0.15, 0.2) is 5.82 Å². The molecule has 0 saturated heterocycles. The van der Waals surface area contributed by atoms with E-state index in [0.717, 1.165) is 12.1 Å². The maximum Gasteiger partial charge on any atom is 0.150 e. The highest BCUT2D eigenvalue weighted by Gasteiger charge is 2.12. The number of nitriles is 1.